The molecule has 9 heteroatoms. The van der Waals surface area contributed by atoms with Crippen molar-refractivity contribution in [3.63, 3.8) is 0 Å². The van der Waals surface area contributed by atoms with E-state index in [0.717, 1.165) is 16.8 Å². The molecule has 1 fully saturated rings. The summed E-state index contributed by atoms with van der Waals surface area (Å²) in [6.07, 6.45) is 1.87. The second-order valence-electron chi connectivity index (χ2n) is 8.74. The lowest BCUT2D eigenvalue weighted by Crippen LogP contribution is -2.45. The van der Waals surface area contributed by atoms with Crippen LogP contribution in [0.4, 0.5) is 5.69 Å². The Morgan fingerprint density at radius 1 is 1.18 bits per heavy atom. The zero-order chi connectivity index (χ0) is 23.8. The maximum absolute atomic E-state index is 13.4. The summed E-state index contributed by atoms with van der Waals surface area (Å²) in [6.45, 7) is 4.29. The molecule has 0 aromatic heterocycles. The molecule has 7 nitrogen and oxygen atoms in total. The summed E-state index contributed by atoms with van der Waals surface area (Å²) in [7, 11) is -3.75. The van der Waals surface area contributed by atoms with Gasteiger partial charge in [-0.1, -0.05) is 29.8 Å². The van der Waals surface area contributed by atoms with E-state index in [9.17, 15) is 18.0 Å². The van der Waals surface area contributed by atoms with Gasteiger partial charge in [0, 0.05) is 43.3 Å². The summed E-state index contributed by atoms with van der Waals surface area (Å²) in [5, 5.41) is 3.48. The van der Waals surface area contributed by atoms with Crippen molar-refractivity contribution in [2.75, 3.05) is 18.0 Å². The summed E-state index contributed by atoms with van der Waals surface area (Å²) in [5.41, 5.74) is 2.44. The van der Waals surface area contributed by atoms with E-state index in [1.807, 2.05) is 25.1 Å². The van der Waals surface area contributed by atoms with Crippen molar-refractivity contribution in [1.82, 2.24) is 9.62 Å². The van der Waals surface area contributed by atoms with E-state index in [4.69, 9.17) is 11.6 Å². The van der Waals surface area contributed by atoms with Crippen LogP contribution >= 0.6 is 11.6 Å². The quantitative estimate of drug-likeness (QED) is 0.697. The van der Waals surface area contributed by atoms with Gasteiger partial charge < -0.3 is 10.2 Å². The van der Waals surface area contributed by atoms with E-state index >= 15 is 0 Å². The van der Waals surface area contributed by atoms with Crippen LogP contribution in [-0.4, -0.2) is 43.7 Å². The highest BCUT2D eigenvalue weighted by Crippen LogP contribution is 2.35. The van der Waals surface area contributed by atoms with E-state index in [1.54, 1.807) is 29.2 Å². The third kappa shape index (κ3) is 4.78. The molecule has 2 aliphatic rings. The molecule has 4 rings (SSSR count). The standard InChI is InChI=1S/C24H28ClN3O4S/c1-16-12-20-13-21(9-10-23(20)28(16)17(2)29)33(31,32)27-11-5-7-19(15-27)24(30)26-14-18-6-3-4-8-22(18)25/h3-4,6,8-10,13,16,19H,5,7,11-12,14-15H2,1-2H3,(H,26,30)/t16-,19+/m1/s1. The average Bonchev–Trinajstić information content (AvgIpc) is 3.13. The first-order valence-corrected chi connectivity index (χ1v) is 12.9. The lowest BCUT2D eigenvalue weighted by Gasteiger charge is -2.31. The summed E-state index contributed by atoms with van der Waals surface area (Å²) in [4.78, 5) is 26.6. The zero-order valence-corrected chi connectivity index (χ0v) is 20.3. The summed E-state index contributed by atoms with van der Waals surface area (Å²) in [5.74, 6) is -0.646. The number of sulfonamides is 1. The van der Waals surface area contributed by atoms with E-state index < -0.39 is 15.9 Å². The Bertz CT molecular complexity index is 1180. The van der Waals surface area contributed by atoms with Gasteiger partial charge in [-0.2, -0.15) is 4.31 Å². The number of amides is 2. The van der Waals surface area contributed by atoms with Crippen LogP contribution in [0.5, 0.6) is 0 Å². The molecule has 1 saturated heterocycles. The molecule has 2 aromatic carbocycles. The molecule has 176 valence electrons. The van der Waals surface area contributed by atoms with E-state index in [2.05, 4.69) is 5.32 Å². The van der Waals surface area contributed by atoms with Gasteiger partial charge in [0.1, 0.15) is 0 Å². The van der Waals surface area contributed by atoms with Gasteiger partial charge in [0.15, 0.2) is 0 Å². The Morgan fingerprint density at radius 2 is 1.94 bits per heavy atom. The molecule has 1 N–H and O–H groups in total. The first kappa shape index (κ1) is 23.7. The third-order valence-corrected chi connectivity index (χ3v) is 8.64. The summed E-state index contributed by atoms with van der Waals surface area (Å²) >= 11 is 6.16. The number of piperidine rings is 1. The van der Waals surface area contributed by atoms with Gasteiger partial charge in [-0.15, -0.1) is 0 Å². The highest BCUT2D eigenvalue weighted by molar-refractivity contribution is 7.89. The number of fused-ring (bicyclic) bond motifs is 1. The fourth-order valence-electron chi connectivity index (χ4n) is 4.74. The molecule has 2 atom stereocenters. The monoisotopic (exact) mass is 489 g/mol. The topological polar surface area (TPSA) is 86.8 Å². The Labute approximate surface area is 199 Å². The highest BCUT2D eigenvalue weighted by atomic mass is 35.5. The normalized spacial score (nSPS) is 21.0. The number of carbonyl (C=O) groups excluding carboxylic acids is 2. The molecule has 2 aliphatic heterocycles. The number of halogens is 1. The number of benzene rings is 2. The van der Waals surface area contributed by atoms with Crippen molar-refractivity contribution < 1.29 is 18.0 Å². The number of anilines is 1. The second kappa shape index (κ2) is 9.44. The Morgan fingerprint density at radius 3 is 2.67 bits per heavy atom. The van der Waals surface area contributed by atoms with E-state index in [-0.39, 0.29) is 29.3 Å². The fourth-order valence-corrected chi connectivity index (χ4v) is 6.52. The van der Waals surface area contributed by atoms with Crippen molar-refractivity contribution in [2.45, 2.75) is 50.6 Å². The van der Waals surface area contributed by atoms with Gasteiger partial charge in [-0.25, -0.2) is 8.42 Å². The molecule has 33 heavy (non-hydrogen) atoms. The molecule has 0 bridgehead atoms. The molecular weight excluding hydrogens is 462 g/mol. The zero-order valence-electron chi connectivity index (χ0n) is 18.8. The smallest absolute Gasteiger partial charge is 0.243 e. The lowest BCUT2D eigenvalue weighted by atomic mass is 9.99. The molecule has 0 aliphatic carbocycles. The van der Waals surface area contributed by atoms with Crippen LogP contribution in [0.2, 0.25) is 5.02 Å². The number of rotatable bonds is 5. The van der Waals surface area contributed by atoms with Crippen molar-refractivity contribution >= 4 is 39.1 Å². The number of hydrogen-bond donors (Lipinski definition) is 1. The van der Waals surface area contributed by atoms with Crippen molar-refractivity contribution in [1.29, 1.82) is 0 Å². The Kier molecular flexibility index (Phi) is 6.79. The first-order chi connectivity index (χ1) is 15.7. The maximum atomic E-state index is 13.4. The summed E-state index contributed by atoms with van der Waals surface area (Å²) in [6, 6.07) is 12.2. The van der Waals surface area contributed by atoms with Crippen molar-refractivity contribution in [2.24, 2.45) is 5.92 Å². The van der Waals surface area contributed by atoms with Gasteiger partial charge in [0.05, 0.1) is 10.8 Å². The Balaban J connectivity index is 1.46. The molecular formula is C24H28ClN3O4S. The largest absolute Gasteiger partial charge is 0.352 e. The number of nitrogens with zero attached hydrogens (tertiary/aromatic N) is 2. The van der Waals surface area contributed by atoms with Crippen LogP contribution in [-0.2, 0) is 32.6 Å². The van der Waals surface area contributed by atoms with Crippen LogP contribution in [0.25, 0.3) is 0 Å². The van der Waals surface area contributed by atoms with E-state index in [1.165, 1.54) is 11.2 Å². The van der Waals surface area contributed by atoms with Crippen LogP contribution < -0.4 is 10.2 Å². The number of nitrogens with one attached hydrogen (secondary N) is 1. The minimum absolute atomic E-state index is 0.00312. The maximum Gasteiger partial charge on any atom is 0.243 e. The second-order valence-corrected chi connectivity index (χ2v) is 11.1. The van der Waals surface area contributed by atoms with Gasteiger partial charge in [-0.05, 0) is 61.6 Å². The molecule has 2 aromatic rings. The molecule has 0 spiro atoms. The predicted octanol–water partition coefficient (Wildman–Crippen LogP) is 3.35. The minimum Gasteiger partial charge on any atom is -0.352 e. The van der Waals surface area contributed by atoms with Crippen LogP contribution in [0.3, 0.4) is 0 Å². The minimum atomic E-state index is -3.75. The third-order valence-electron chi connectivity index (χ3n) is 6.41. The highest BCUT2D eigenvalue weighted by Gasteiger charge is 2.35. The first-order valence-electron chi connectivity index (χ1n) is 11.1. The van der Waals surface area contributed by atoms with Crippen LogP contribution in [0, 0.1) is 5.92 Å². The molecule has 0 radical (unpaired) electrons. The predicted molar refractivity (Wildman–Crippen MR) is 128 cm³/mol. The molecule has 2 heterocycles. The van der Waals surface area contributed by atoms with Gasteiger partial charge >= 0.3 is 0 Å². The molecule has 0 saturated carbocycles. The molecule has 2 amide bonds. The van der Waals surface area contributed by atoms with E-state index in [0.29, 0.717) is 37.4 Å². The van der Waals surface area contributed by atoms with Crippen molar-refractivity contribution in [3.8, 4) is 0 Å². The van der Waals surface area contributed by atoms with Gasteiger partial charge in [0.25, 0.3) is 0 Å². The lowest BCUT2D eigenvalue weighted by molar-refractivity contribution is -0.126. The SMILES string of the molecule is CC(=O)N1c2ccc(S(=O)(=O)N3CCC[C@H](C(=O)NCc4ccccc4Cl)C3)cc2C[C@H]1C. The van der Waals surface area contributed by atoms with Crippen LogP contribution in [0.1, 0.15) is 37.8 Å². The van der Waals surface area contributed by atoms with Crippen LogP contribution in [0.15, 0.2) is 47.4 Å². The number of hydrogen-bond acceptors (Lipinski definition) is 4. The van der Waals surface area contributed by atoms with Gasteiger partial charge in [0.2, 0.25) is 21.8 Å². The van der Waals surface area contributed by atoms with Gasteiger partial charge in [-0.3, -0.25) is 9.59 Å². The Hall–Kier alpha value is -2.42. The van der Waals surface area contributed by atoms with Crippen molar-refractivity contribution in [3.05, 3.63) is 58.6 Å². The number of carbonyl (C=O) groups is 2. The average molecular weight is 490 g/mol. The molecule has 0 unspecified atom stereocenters. The fraction of sp³-hybridized carbons (Fsp3) is 0.417. The summed E-state index contributed by atoms with van der Waals surface area (Å²) < 4.78 is 28.1.